The van der Waals surface area contributed by atoms with Crippen LogP contribution in [0, 0.1) is 0 Å². The number of hydrogen-bond donors (Lipinski definition) is 2. The molecule has 0 saturated carbocycles. The highest BCUT2D eigenvalue weighted by Gasteiger charge is 2.28. The maximum absolute atomic E-state index is 12.6. The summed E-state index contributed by atoms with van der Waals surface area (Å²) in [6.45, 7) is 0.719. The summed E-state index contributed by atoms with van der Waals surface area (Å²) >= 11 is 0. The summed E-state index contributed by atoms with van der Waals surface area (Å²) in [5.41, 5.74) is 4.05. The van der Waals surface area contributed by atoms with Gasteiger partial charge >= 0.3 is 0 Å². The second-order valence-corrected chi connectivity index (χ2v) is 6.48. The topological polar surface area (TPSA) is 79.8 Å². The van der Waals surface area contributed by atoms with Gasteiger partial charge in [0.1, 0.15) is 11.8 Å². The zero-order valence-electron chi connectivity index (χ0n) is 14.9. The van der Waals surface area contributed by atoms with Gasteiger partial charge in [-0.05, 0) is 34.9 Å². The normalized spacial score (nSPS) is 18.3. The highest BCUT2D eigenvalue weighted by atomic mass is 16.5. The minimum Gasteiger partial charge on any atom is -0.497 e. The van der Waals surface area contributed by atoms with E-state index in [9.17, 15) is 9.59 Å². The van der Waals surface area contributed by atoms with E-state index in [1.165, 1.54) is 7.11 Å². The van der Waals surface area contributed by atoms with Gasteiger partial charge in [0.15, 0.2) is 0 Å². The summed E-state index contributed by atoms with van der Waals surface area (Å²) in [5, 5.41) is 5.64. The van der Waals surface area contributed by atoms with Crippen molar-refractivity contribution in [3.05, 3.63) is 65.2 Å². The third-order valence-electron chi connectivity index (χ3n) is 4.73. The van der Waals surface area contributed by atoms with Gasteiger partial charge in [0, 0.05) is 12.6 Å². The lowest BCUT2D eigenvalue weighted by molar-refractivity contribution is -0.117. The summed E-state index contributed by atoms with van der Waals surface area (Å²) in [6.07, 6.45) is 4.34. The van der Waals surface area contributed by atoms with Crippen molar-refractivity contribution in [2.75, 3.05) is 19.0 Å². The summed E-state index contributed by atoms with van der Waals surface area (Å²) in [5.74, 6) is 0.0371. The fourth-order valence-electron chi connectivity index (χ4n) is 3.23. The Morgan fingerprint density at radius 2 is 1.96 bits per heavy atom. The Morgan fingerprint density at radius 3 is 2.67 bits per heavy atom. The van der Waals surface area contributed by atoms with Crippen LogP contribution in [-0.2, 0) is 11.2 Å². The van der Waals surface area contributed by atoms with E-state index >= 15 is 0 Å². The predicted molar refractivity (Wildman–Crippen MR) is 104 cm³/mol. The summed E-state index contributed by atoms with van der Waals surface area (Å²) < 4.78 is 5.17. The monoisotopic (exact) mass is 361 g/mol. The lowest BCUT2D eigenvalue weighted by Crippen LogP contribution is -2.42. The zero-order chi connectivity index (χ0) is 18.8. The molecule has 6 nitrogen and oxygen atoms in total. The molecular formula is C21H19N3O3. The van der Waals surface area contributed by atoms with Crippen LogP contribution in [0.4, 0.5) is 5.69 Å². The molecule has 1 atom stereocenters. The van der Waals surface area contributed by atoms with Gasteiger partial charge < -0.3 is 15.4 Å². The van der Waals surface area contributed by atoms with E-state index in [2.05, 4.69) is 21.7 Å². The van der Waals surface area contributed by atoms with E-state index < -0.39 is 6.04 Å². The number of rotatable bonds is 4. The number of fused-ring (bicyclic) bond motifs is 1. The minimum absolute atomic E-state index is 0.234. The first-order chi connectivity index (χ1) is 13.1. The van der Waals surface area contributed by atoms with Crippen molar-refractivity contribution in [1.82, 2.24) is 5.32 Å². The van der Waals surface area contributed by atoms with Crippen molar-refractivity contribution in [2.45, 2.75) is 12.5 Å². The molecule has 1 unspecified atom stereocenters. The smallest absolute Gasteiger partial charge is 0.254 e. The summed E-state index contributed by atoms with van der Waals surface area (Å²) in [7, 11) is 1.54. The Kier molecular flexibility index (Phi) is 4.46. The van der Waals surface area contributed by atoms with E-state index in [1.54, 1.807) is 18.2 Å². The van der Waals surface area contributed by atoms with Crippen LogP contribution < -0.4 is 15.4 Å². The maximum Gasteiger partial charge on any atom is 0.254 e. The van der Waals surface area contributed by atoms with Crippen LogP contribution in [0.25, 0.3) is 5.57 Å². The molecule has 2 aliphatic heterocycles. The molecule has 2 aliphatic rings. The molecule has 2 aromatic carbocycles. The molecule has 0 radical (unpaired) electrons. The molecule has 2 N–H and O–H groups in total. The minimum atomic E-state index is -0.644. The predicted octanol–water partition coefficient (Wildman–Crippen LogP) is 2.46. The van der Waals surface area contributed by atoms with E-state index in [4.69, 9.17) is 4.74 Å². The lowest BCUT2D eigenvalue weighted by atomic mass is 10.0. The fraction of sp³-hybridized carbons (Fsp3) is 0.190. The fourth-order valence-corrected chi connectivity index (χ4v) is 3.23. The standard InChI is InChI=1S/C21H19N3O3/c1-27-16-6-7-18-17(11-16)20(25)24-19(21(26)23-18)10-13-2-4-14(5-3-13)15-8-9-22-12-15/h2-8,11-12,19H,9-10H2,1H3,(H,23,26)(H,24,25). The van der Waals surface area contributed by atoms with Crippen LogP contribution >= 0.6 is 0 Å². The zero-order valence-corrected chi connectivity index (χ0v) is 14.9. The Hall–Kier alpha value is -3.41. The van der Waals surface area contributed by atoms with Crippen molar-refractivity contribution in [3.8, 4) is 5.75 Å². The number of nitrogens with one attached hydrogen (secondary N) is 2. The SMILES string of the molecule is COc1ccc2c(c1)C(=O)NC(Cc1ccc(C3=CCN=C3)cc1)C(=O)N2. The first kappa shape index (κ1) is 17.0. The molecule has 0 aromatic heterocycles. The van der Waals surface area contributed by atoms with Crippen LogP contribution in [0.5, 0.6) is 5.75 Å². The quantitative estimate of drug-likeness (QED) is 0.878. The molecule has 0 fully saturated rings. The van der Waals surface area contributed by atoms with Gasteiger partial charge in [-0.15, -0.1) is 0 Å². The van der Waals surface area contributed by atoms with E-state index in [0.29, 0.717) is 23.4 Å². The Morgan fingerprint density at radius 1 is 1.15 bits per heavy atom. The van der Waals surface area contributed by atoms with Crippen LogP contribution in [0.3, 0.4) is 0 Å². The van der Waals surface area contributed by atoms with E-state index in [-0.39, 0.29) is 11.8 Å². The molecule has 4 rings (SSSR count). The number of amides is 2. The van der Waals surface area contributed by atoms with Crippen molar-refractivity contribution < 1.29 is 14.3 Å². The van der Waals surface area contributed by atoms with Crippen LogP contribution in [-0.4, -0.2) is 37.7 Å². The number of ether oxygens (including phenoxy) is 1. The number of nitrogens with zero attached hydrogens (tertiary/aromatic N) is 1. The van der Waals surface area contributed by atoms with Gasteiger partial charge in [-0.1, -0.05) is 30.3 Å². The van der Waals surface area contributed by atoms with Gasteiger partial charge in [-0.25, -0.2) is 0 Å². The van der Waals surface area contributed by atoms with E-state index in [0.717, 1.165) is 23.2 Å². The highest BCUT2D eigenvalue weighted by molar-refractivity contribution is 6.11. The molecule has 2 amide bonds. The number of methoxy groups -OCH3 is 1. The van der Waals surface area contributed by atoms with Gasteiger partial charge in [-0.2, -0.15) is 0 Å². The average Bonchev–Trinajstić information content (AvgIpc) is 3.19. The third kappa shape index (κ3) is 3.46. The molecule has 2 aromatic rings. The van der Waals surface area contributed by atoms with Crippen molar-refractivity contribution in [3.63, 3.8) is 0 Å². The van der Waals surface area contributed by atoms with Crippen molar-refractivity contribution >= 4 is 29.3 Å². The second-order valence-electron chi connectivity index (χ2n) is 6.48. The number of allylic oxidation sites excluding steroid dienone is 1. The van der Waals surface area contributed by atoms with Crippen molar-refractivity contribution in [2.24, 2.45) is 4.99 Å². The molecule has 0 bridgehead atoms. The number of carbonyl (C=O) groups is 2. The third-order valence-corrected chi connectivity index (χ3v) is 4.73. The Bertz CT molecular complexity index is 961. The summed E-state index contributed by atoms with van der Waals surface area (Å²) in [6, 6.07) is 12.3. The van der Waals surface area contributed by atoms with Crippen LogP contribution in [0.15, 0.2) is 53.5 Å². The Labute approximate surface area is 157 Å². The van der Waals surface area contributed by atoms with Crippen LogP contribution in [0.1, 0.15) is 21.5 Å². The number of carbonyl (C=O) groups excluding carboxylic acids is 2. The molecule has 0 spiro atoms. The largest absolute Gasteiger partial charge is 0.497 e. The van der Waals surface area contributed by atoms with Gasteiger partial charge in [0.2, 0.25) is 5.91 Å². The molecule has 0 aliphatic carbocycles. The molecule has 2 heterocycles. The Balaban J connectivity index is 1.52. The highest BCUT2D eigenvalue weighted by Crippen LogP contribution is 2.25. The molecule has 136 valence electrons. The second kappa shape index (κ2) is 7.07. The number of aliphatic imine (C=N–C) groups is 1. The van der Waals surface area contributed by atoms with Crippen molar-refractivity contribution in [1.29, 1.82) is 0 Å². The molecule has 0 saturated heterocycles. The first-order valence-corrected chi connectivity index (χ1v) is 8.73. The number of anilines is 1. The van der Waals surface area contributed by atoms with Gasteiger partial charge in [-0.3, -0.25) is 14.6 Å². The molecule has 27 heavy (non-hydrogen) atoms. The van der Waals surface area contributed by atoms with Gasteiger partial charge in [0.05, 0.1) is 24.9 Å². The van der Waals surface area contributed by atoms with E-state index in [1.807, 2.05) is 30.5 Å². The van der Waals surface area contributed by atoms with Crippen LogP contribution in [0.2, 0.25) is 0 Å². The first-order valence-electron chi connectivity index (χ1n) is 8.73. The average molecular weight is 361 g/mol. The molecular weight excluding hydrogens is 342 g/mol. The van der Waals surface area contributed by atoms with Gasteiger partial charge in [0.25, 0.3) is 5.91 Å². The lowest BCUT2D eigenvalue weighted by Gasteiger charge is -2.15. The number of hydrogen-bond acceptors (Lipinski definition) is 4. The molecule has 6 heteroatoms. The number of benzene rings is 2. The summed E-state index contributed by atoms with van der Waals surface area (Å²) in [4.78, 5) is 29.3. The maximum atomic E-state index is 12.6.